The van der Waals surface area contributed by atoms with Crippen molar-refractivity contribution in [1.29, 1.82) is 0 Å². The molecule has 4 heteroatoms. The van der Waals surface area contributed by atoms with Crippen molar-refractivity contribution in [1.82, 2.24) is 10.2 Å². The van der Waals surface area contributed by atoms with Gasteiger partial charge in [0.05, 0.1) is 0 Å². The summed E-state index contributed by atoms with van der Waals surface area (Å²) in [6.45, 7) is 4.54. The van der Waals surface area contributed by atoms with Gasteiger partial charge in [0.2, 0.25) is 0 Å². The number of carbonyl (C=O) groups excluding carboxylic acids is 1. The van der Waals surface area contributed by atoms with Crippen molar-refractivity contribution in [2.75, 3.05) is 19.6 Å². The molecule has 2 amide bonds. The predicted octanol–water partition coefficient (Wildman–Crippen LogP) is 1.70. The largest absolute Gasteiger partial charge is 0.335 e. The van der Waals surface area contributed by atoms with Crippen molar-refractivity contribution < 1.29 is 4.79 Å². The van der Waals surface area contributed by atoms with Crippen molar-refractivity contribution in [3.63, 3.8) is 0 Å². The Kier molecular flexibility index (Phi) is 6.23. The molecule has 0 aromatic carbocycles. The summed E-state index contributed by atoms with van der Waals surface area (Å²) in [7, 11) is 0. The Balaban J connectivity index is 2.36. The molecule has 1 unspecified atom stereocenters. The van der Waals surface area contributed by atoms with Gasteiger partial charge in [0, 0.05) is 19.1 Å². The molecule has 1 saturated heterocycles. The number of nitrogens with one attached hydrogen (secondary N) is 1. The second-order valence-electron chi connectivity index (χ2n) is 4.53. The van der Waals surface area contributed by atoms with Crippen LogP contribution in [-0.4, -0.2) is 36.6 Å². The van der Waals surface area contributed by atoms with Crippen molar-refractivity contribution >= 4 is 6.03 Å². The third-order valence-electron chi connectivity index (χ3n) is 3.23. The van der Waals surface area contributed by atoms with Crippen molar-refractivity contribution in [2.45, 2.75) is 51.5 Å². The molecule has 1 aliphatic heterocycles. The summed E-state index contributed by atoms with van der Waals surface area (Å²) in [6, 6.07) is 0.336. The van der Waals surface area contributed by atoms with E-state index in [2.05, 4.69) is 12.2 Å². The van der Waals surface area contributed by atoms with Crippen LogP contribution in [0.4, 0.5) is 4.79 Å². The van der Waals surface area contributed by atoms with E-state index in [-0.39, 0.29) is 12.1 Å². The number of hydrogen-bond donors (Lipinski definition) is 2. The number of nitrogens with zero attached hydrogens (tertiary/aromatic N) is 1. The highest BCUT2D eigenvalue weighted by atomic mass is 16.2. The van der Waals surface area contributed by atoms with Crippen LogP contribution in [0.15, 0.2) is 0 Å². The van der Waals surface area contributed by atoms with E-state index in [1.54, 1.807) is 0 Å². The maximum absolute atomic E-state index is 12.0. The summed E-state index contributed by atoms with van der Waals surface area (Å²) in [5, 5.41) is 3.07. The molecule has 0 aromatic heterocycles. The lowest BCUT2D eigenvalue weighted by Gasteiger charge is -2.24. The zero-order chi connectivity index (χ0) is 11.8. The highest BCUT2D eigenvalue weighted by Gasteiger charge is 2.17. The van der Waals surface area contributed by atoms with Crippen LogP contribution in [0.3, 0.4) is 0 Å². The summed E-state index contributed by atoms with van der Waals surface area (Å²) >= 11 is 0. The number of hydrogen-bond acceptors (Lipinski definition) is 2. The molecule has 16 heavy (non-hydrogen) atoms. The second kappa shape index (κ2) is 7.49. The SMILES string of the molecule is CCC(CCN)NC(=O)N1CCCCCC1. The van der Waals surface area contributed by atoms with Crippen LogP contribution in [0.25, 0.3) is 0 Å². The van der Waals surface area contributed by atoms with E-state index in [1.165, 1.54) is 12.8 Å². The molecule has 1 aliphatic rings. The van der Waals surface area contributed by atoms with Gasteiger partial charge in [-0.1, -0.05) is 19.8 Å². The molecule has 0 aromatic rings. The summed E-state index contributed by atoms with van der Waals surface area (Å²) in [4.78, 5) is 13.9. The Morgan fingerprint density at radius 2 is 1.94 bits per heavy atom. The van der Waals surface area contributed by atoms with E-state index in [0.717, 1.165) is 38.8 Å². The fourth-order valence-electron chi connectivity index (χ4n) is 2.12. The zero-order valence-electron chi connectivity index (χ0n) is 10.4. The molecule has 94 valence electrons. The Bertz CT molecular complexity index is 200. The Hall–Kier alpha value is -0.770. The van der Waals surface area contributed by atoms with E-state index < -0.39 is 0 Å². The van der Waals surface area contributed by atoms with Gasteiger partial charge in [-0.3, -0.25) is 0 Å². The average molecular weight is 227 g/mol. The molecule has 1 rings (SSSR count). The first-order valence-electron chi connectivity index (χ1n) is 6.53. The highest BCUT2D eigenvalue weighted by molar-refractivity contribution is 5.74. The third kappa shape index (κ3) is 4.39. The first-order chi connectivity index (χ1) is 7.77. The molecule has 3 N–H and O–H groups in total. The molecule has 1 heterocycles. The van der Waals surface area contributed by atoms with Gasteiger partial charge in [-0.15, -0.1) is 0 Å². The number of urea groups is 1. The van der Waals surface area contributed by atoms with E-state index in [4.69, 9.17) is 5.73 Å². The van der Waals surface area contributed by atoms with Gasteiger partial charge >= 0.3 is 6.03 Å². The molecule has 0 saturated carbocycles. The maximum atomic E-state index is 12.0. The van der Waals surface area contributed by atoms with Crippen LogP contribution >= 0.6 is 0 Å². The molecular formula is C12H25N3O. The predicted molar refractivity (Wildman–Crippen MR) is 66.3 cm³/mol. The van der Waals surface area contributed by atoms with Crippen LogP contribution in [0.2, 0.25) is 0 Å². The first kappa shape index (κ1) is 13.3. The summed E-state index contributed by atoms with van der Waals surface area (Å²) in [5.41, 5.74) is 5.52. The lowest BCUT2D eigenvalue weighted by Crippen LogP contribution is -2.45. The van der Waals surface area contributed by atoms with Crippen LogP contribution in [0.5, 0.6) is 0 Å². The molecule has 4 nitrogen and oxygen atoms in total. The summed E-state index contributed by atoms with van der Waals surface area (Å²) in [6.07, 6.45) is 6.61. The van der Waals surface area contributed by atoms with Crippen LogP contribution in [0.1, 0.15) is 45.4 Å². The van der Waals surface area contributed by atoms with Gasteiger partial charge in [0.15, 0.2) is 0 Å². The normalized spacial score (nSPS) is 19.0. The number of nitrogens with two attached hydrogens (primary N) is 1. The van der Waals surface area contributed by atoms with Gasteiger partial charge < -0.3 is 16.0 Å². The maximum Gasteiger partial charge on any atom is 0.317 e. The number of likely N-dealkylation sites (tertiary alicyclic amines) is 1. The van der Waals surface area contributed by atoms with Crippen LogP contribution in [0, 0.1) is 0 Å². The Labute approximate surface area is 98.6 Å². The topological polar surface area (TPSA) is 58.4 Å². The fourth-order valence-corrected chi connectivity index (χ4v) is 2.12. The van der Waals surface area contributed by atoms with E-state index >= 15 is 0 Å². The number of amides is 2. The third-order valence-corrected chi connectivity index (χ3v) is 3.23. The second-order valence-corrected chi connectivity index (χ2v) is 4.53. The molecule has 0 radical (unpaired) electrons. The summed E-state index contributed by atoms with van der Waals surface area (Å²) < 4.78 is 0. The van der Waals surface area contributed by atoms with Crippen LogP contribution in [-0.2, 0) is 0 Å². The molecular weight excluding hydrogens is 202 g/mol. The van der Waals surface area contributed by atoms with Gasteiger partial charge in [-0.05, 0) is 32.2 Å². The monoisotopic (exact) mass is 227 g/mol. The van der Waals surface area contributed by atoms with E-state index in [9.17, 15) is 4.79 Å². The smallest absolute Gasteiger partial charge is 0.317 e. The molecule has 1 atom stereocenters. The minimum absolute atomic E-state index is 0.0993. The van der Waals surface area contributed by atoms with Crippen molar-refractivity contribution in [3.05, 3.63) is 0 Å². The molecule has 0 aliphatic carbocycles. The molecule has 0 bridgehead atoms. The quantitative estimate of drug-likeness (QED) is 0.768. The van der Waals surface area contributed by atoms with Gasteiger partial charge in [-0.25, -0.2) is 4.79 Å². The minimum Gasteiger partial charge on any atom is -0.335 e. The lowest BCUT2D eigenvalue weighted by atomic mass is 10.1. The first-order valence-corrected chi connectivity index (χ1v) is 6.53. The van der Waals surface area contributed by atoms with Gasteiger partial charge in [-0.2, -0.15) is 0 Å². The summed E-state index contributed by atoms with van der Waals surface area (Å²) in [5.74, 6) is 0. The Morgan fingerprint density at radius 3 is 2.44 bits per heavy atom. The Morgan fingerprint density at radius 1 is 1.31 bits per heavy atom. The zero-order valence-corrected chi connectivity index (χ0v) is 10.4. The van der Waals surface area contributed by atoms with E-state index in [1.807, 2.05) is 4.90 Å². The number of carbonyl (C=O) groups is 1. The van der Waals surface area contributed by atoms with Gasteiger partial charge in [0.1, 0.15) is 0 Å². The lowest BCUT2D eigenvalue weighted by molar-refractivity contribution is 0.194. The van der Waals surface area contributed by atoms with Crippen molar-refractivity contribution in [2.24, 2.45) is 5.73 Å². The van der Waals surface area contributed by atoms with Crippen molar-refractivity contribution in [3.8, 4) is 0 Å². The highest BCUT2D eigenvalue weighted by Crippen LogP contribution is 2.10. The fraction of sp³-hybridized carbons (Fsp3) is 0.917. The van der Waals surface area contributed by atoms with Crippen LogP contribution < -0.4 is 11.1 Å². The minimum atomic E-state index is 0.0993. The standard InChI is InChI=1S/C12H25N3O/c1-2-11(7-8-13)14-12(16)15-9-5-3-4-6-10-15/h11H,2-10,13H2,1H3,(H,14,16). The van der Waals surface area contributed by atoms with Gasteiger partial charge in [0.25, 0.3) is 0 Å². The molecule has 1 fully saturated rings. The average Bonchev–Trinajstić information content (AvgIpc) is 2.56. The molecule has 0 spiro atoms. The van der Waals surface area contributed by atoms with E-state index in [0.29, 0.717) is 6.54 Å². The number of rotatable bonds is 4.